The number of halogens is 1. The molecule has 0 radical (unpaired) electrons. The molecule has 1 amide bonds. The third-order valence-electron chi connectivity index (χ3n) is 4.54. The second-order valence-electron chi connectivity index (χ2n) is 6.47. The van der Waals surface area contributed by atoms with Gasteiger partial charge in [0.05, 0.1) is 5.69 Å². The standard InChI is InChI=1S/C16H19ClN2O5S/c1-9-7-12(18-15(20)10-4-5-10)14(8-11(9)17)25(23,24)19-6-2-3-13(19)16(21)22/h7-8,10,13H,2-6H2,1H3,(H,18,20)(H,21,22)/t13-/m0/s1. The van der Waals surface area contributed by atoms with Crippen LogP contribution in [0.5, 0.6) is 0 Å². The number of rotatable bonds is 5. The maximum atomic E-state index is 13.1. The average molecular weight is 387 g/mol. The first-order valence-corrected chi connectivity index (χ1v) is 9.89. The molecule has 2 aliphatic rings. The van der Waals surface area contributed by atoms with E-state index in [9.17, 15) is 23.1 Å². The van der Waals surface area contributed by atoms with Crippen LogP contribution in [0.15, 0.2) is 17.0 Å². The number of nitrogens with one attached hydrogen (secondary N) is 1. The molecular weight excluding hydrogens is 368 g/mol. The Morgan fingerprint density at radius 1 is 1.28 bits per heavy atom. The number of anilines is 1. The summed E-state index contributed by atoms with van der Waals surface area (Å²) < 4.78 is 27.1. The van der Waals surface area contributed by atoms with Crippen LogP contribution in [0.1, 0.15) is 31.2 Å². The Bertz CT molecular complexity index is 835. The Hall–Kier alpha value is -1.64. The molecule has 1 atom stereocenters. The molecule has 3 rings (SSSR count). The van der Waals surface area contributed by atoms with E-state index < -0.39 is 22.0 Å². The summed E-state index contributed by atoms with van der Waals surface area (Å²) in [6.07, 6.45) is 2.30. The predicted octanol–water partition coefficient (Wildman–Crippen LogP) is 2.23. The number of benzene rings is 1. The van der Waals surface area contributed by atoms with Gasteiger partial charge in [0.1, 0.15) is 10.9 Å². The molecule has 2 N–H and O–H groups in total. The average Bonchev–Trinajstić information content (AvgIpc) is 3.26. The van der Waals surface area contributed by atoms with E-state index in [0.29, 0.717) is 12.0 Å². The van der Waals surface area contributed by atoms with Crippen LogP contribution in [0.3, 0.4) is 0 Å². The highest BCUT2D eigenvalue weighted by Gasteiger charge is 2.41. The van der Waals surface area contributed by atoms with Crippen molar-refractivity contribution in [3.8, 4) is 0 Å². The summed E-state index contributed by atoms with van der Waals surface area (Å²) in [5.74, 6) is -1.50. The molecule has 0 unspecified atom stereocenters. The minimum Gasteiger partial charge on any atom is -0.480 e. The normalized spacial score (nSPS) is 21.3. The molecule has 1 aromatic rings. The number of carboxylic acids is 1. The third-order valence-corrected chi connectivity index (χ3v) is 6.90. The van der Waals surface area contributed by atoms with Crippen LogP contribution >= 0.6 is 11.6 Å². The van der Waals surface area contributed by atoms with Gasteiger partial charge >= 0.3 is 5.97 Å². The van der Waals surface area contributed by atoms with Gasteiger partial charge in [0.25, 0.3) is 0 Å². The smallest absolute Gasteiger partial charge is 0.322 e. The van der Waals surface area contributed by atoms with Gasteiger partial charge in [0.2, 0.25) is 15.9 Å². The van der Waals surface area contributed by atoms with Gasteiger partial charge in [-0.15, -0.1) is 0 Å². The van der Waals surface area contributed by atoms with Gasteiger partial charge in [-0.1, -0.05) is 11.6 Å². The Balaban J connectivity index is 2.03. The van der Waals surface area contributed by atoms with Crippen LogP contribution in [-0.2, 0) is 19.6 Å². The number of carboxylic acid groups (broad SMARTS) is 1. The van der Waals surface area contributed by atoms with Gasteiger partial charge in [-0.2, -0.15) is 4.31 Å². The number of amides is 1. The number of aryl methyl sites for hydroxylation is 1. The Labute approximate surface area is 151 Å². The summed E-state index contributed by atoms with van der Waals surface area (Å²) in [6, 6.07) is 1.70. The number of aliphatic carboxylic acids is 1. The SMILES string of the molecule is Cc1cc(NC(=O)C2CC2)c(S(=O)(=O)N2CCC[C@H]2C(=O)O)cc1Cl. The minimum absolute atomic E-state index is 0.0925. The van der Waals surface area contributed by atoms with Gasteiger partial charge < -0.3 is 10.4 Å². The van der Waals surface area contributed by atoms with Crippen molar-refractivity contribution in [2.24, 2.45) is 5.92 Å². The highest BCUT2D eigenvalue weighted by Crippen LogP contribution is 2.36. The Morgan fingerprint density at radius 3 is 2.56 bits per heavy atom. The molecule has 0 spiro atoms. The largest absolute Gasteiger partial charge is 0.480 e. The molecule has 1 saturated carbocycles. The maximum absolute atomic E-state index is 13.1. The first-order valence-electron chi connectivity index (χ1n) is 8.07. The molecule has 9 heteroatoms. The van der Waals surface area contributed by atoms with Gasteiger partial charge in [0, 0.05) is 17.5 Å². The summed E-state index contributed by atoms with van der Waals surface area (Å²) in [4.78, 5) is 23.3. The summed E-state index contributed by atoms with van der Waals surface area (Å²) in [7, 11) is -4.10. The minimum atomic E-state index is -4.10. The molecular formula is C16H19ClN2O5S. The quantitative estimate of drug-likeness (QED) is 0.807. The lowest BCUT2D eigenvalue weighted by molar-refractivity contribution is -0.140. The molecule has 0 bridgehead atoms. The van der Waals surface area contributed by atoms with Gasteiger partial charge in [-0.25, -0.2) is 8.42 Å². The summed E-state index contributed by atoms with van der Waals surface area (Å²) in [5, 5.41) is 12.2. The van der Waals surface area contributed by atoms with Crippen molar-refractivity contribution < 1.29 is 23.1 Å². The zero-order chi connectivity index (χ0) is 18.4. The number of carbonyl (C=O) groups excluding carboxylic acids is 1. The first kappa shape index (κ1) is 18.2. The second-order valence-corrected chi connectivity index (χ2v) is 8.74. The number of carbonyl (C=O) groups is 2. The van der Waals surface area contributed by atoms with Crippen LogP contribution in [-0.4, -0.2) is 42.3 Å². The molecule has 7 nitrogen and oxygen atoms in total. The molecule has 1 saturated heterocycles. The van der Waals surface area contributed by atoms with Crippen LogP contribution in [0.4, 0.5) is 5.69 Å². The molecule has 0 aromatic heterocycles. The van der Waals surface area contributed by atoms with E-state index in [0.717, 1.165) is 17.1 Å². The molecule has 1 aliphatic carbocycles. The number of hydrogen-bond acceptors (Lipinski definition) is 4. The monoisotopic (exact) mass is 386 g/mol. The fourth-order valence-electron chi connectivity index (χ4n) is 2.96. The first-order chi connectivity index (χ1) is 11.7. The number of nitrogens with zero attached hydrogens (tertiary/aromatic N) is 1. The second kappa shape index (κ2) is 6.59. The van der Waals surface area contributed by atoms with E-state index in [1.807, 2.05) is 0 Å². The highest BCUT2D eigenvalue weighted by molar-refractivity contribution is 7.89. The van der Waals surface area contributed by atoms with Crippen LogP contribution in [0, 0.1) is 12.8 Å². The van der Waals surface area contributed by atoms with E-state index >= 15 is 0 Å². The Morgan fingerprint density at radius 2 is 1.96 bits per heavy atom. The van der Waals surface area contributed by atoms with Crippen molar-refractivity contribution in [3.05, 3.63) is 22.7 Å². The lowest BCUT2D eigenvalue weighted by Gasteiger charge is -2.23. The third kappa shape index (κ3) is 3.51. The van der Waals surface area contributed by atoms with Gasteiger partial charge in [0.15, 0.2) is 0 Å². The van der Waals surface area contributed by atoms with Crippen LogP contribution in [0.2, 0.25) is 5.02 Å². The van der Waals surface area contributed by atoms with Crippen LogP contribution < -0.4 is 5.32 Å². The van der Waals surface area contributed by atoms with E-state index in [1.165, 1.54) is 12.1 Å². The van der Waals surface area contributed by atoms with Crippen molar-refractivity contribution in [1.82, 2.24) is 4.31 Å². The summed E-state index contributed by atoms with van der Waals surface area (Å²) >= 11 is 6.10. The van der Waals surface area contributed by atoms with Crippen molar-refractivity contribution >= 4 is 39.2 Å². The van der Waals surface area contributed by atoms with Gasteiger partial charge in [-0.05, 0) is 50.3 Å². The Kier molecular flexibility index (Phi) is 4.78. The van der Waals surface area contributed by atoms with Crippen molar-refractivity contribution in [2.45, 2.75) is 43.5 Å². The van der Waals surface area contributed by atoms with E-state index in [-0.39, 0.29) is 40.4 Å². The lowest BCUT2D eigenvalue weighted by Crippen LogP contribution is -2.40. The molecule has 1 heterocycles. The topological polar surface area (TPSA) is 104 Å². The van der Waals surface area contributed by atoms with E-state index in [4.69, 9.17) is 11.6 Å². The molecule has 1 aliphatic heterocycles. The molecule has 2 fully saturated rings. The zero-order valence-corrected chi connectivity index (χ0v) is 15.2. The molecule has 25 heavy (non-hydrogen) atoms. The highest BCUT2D eigenvalue weighted by atomic mass is 35.5. The fraction of sp³-hybridized carbons (Fsp3) is 0.500. The predicted molar refractivity (Wildman–Crippen MR) is 92.1 cm³/mol. The lowest BCUT2D eigenvalue weighted by atomic mass is 10.2. The van der Waals surface area contributed by atoms with E-state index in [2.05, 4.69) is 5.32 Å². The van der Waals surface area contributed by atoms with Crippen molar-refractivity contribution in [2.75, 3.05) is 11.9 Å². The fourth-order valence-corrected chi connectivity index (χ4v) is 4.99. The van der Waals surface area contributed by atoms with Crippen molar-refractivity contribution in [1.29, 1.82) is 0 Å². The summed E-state index contributed by atoms with van der Waals surface area (Å²) in [5.41, 5.74) is 0.776. The van der Waals surface area contributed by atoms with Gasteiger partial charge in [-0.3, -0.25) is 9.59 Å². The number of hydrogen-bond donors (Lipinski definition) is 2. The van der Waals surface area contributed by atoms with Crippen LogP contribution in [0.25, 0.3) is 0 Å². The maximum Gasteiger partial charge on any atom is 0.322 e. The summed E-state index contributed by atoms with van der Waals surface area (Å²) in [6.45, 7) is 1.84. The van der Waals surface area contributed by atoms with E-state index in [1.54, 1.807) is 6.92 Å². The molecule has 136 valence electrons. The molecule has 1 aromatic carbocycles. The zero-order valence-electron chi connectivity index (χ0n) is 13.7. The van der Waals surface area contributed by atoms with Crippen molar-refractivity contribution in [3.63, 3.8) is 0 Å². The number of sulfonamides is 1.